The average molecular weight is 439 g/mol. The molecule has 0 atom stereocenters. The second-order valence-corrected chi connectivity index (χ2v) is 8.43. The van der Waals surface area contributed by atoms with E-state index in [1.807, 2.05) is 6.26 Å². The molecule has 0 amide bonds. The Labute approximate surface area is 179 Å². The van der Waals surface area contributed by atoms with Crippen molar-refractivity contribution in [2.45, 2.75) is 40.7 Å². The summed E-state index contributed by atoms with van der Waals surface area (Å²) in [5.41, 5.74) is -0.00534. The summed E-state index contributed by atoms with van der Waals surface area (Å²) in [5, 5.41) is 19.2. The molecular weight excluding hydrogens is 412 g/mol. The summed E-state index contributed by atoms with van der Waals surface area (Å²) < 4.78 is 17.9. The Bertz CT molecular complexity index is 865. The summed E-state index contributed by atoms with van der Waals surface area (Å²) in [5.74, 6) is 0.853. The van der Waals surface area contributed by atoms with E-state index >= 15 is 0 Å². The first kappa shape index (κ1) is 23.6. The van der Waals surface area contributed by atoms with Gasteiger partial charge in [0, 0.05) is 11.8 Å². The van der Waals surface area contributed by atoms with Gasteiger partial charge in [-0.3, -0.25) is 14.9 Å². The summed E-state index contributed by atoms with van der Waals surface area (Å²) in [7, 11) is 0. The van der Waals surface area contributed by atoms with Gasteiger partial charge >= 0.3 is 5.97 Å². The van der Waals surface area contributed by atoms with Crippen LogP contribution in [0.2, 0.25) is 0 Å². The number of hydrogen-bond acceptors (Lipinski definition) is 9. The van der Waals surface area contributed by atoms with Crippen LogP contribution in [0.5, 0.6) is 5.75 Å². The van der Waals surface area contributed by atoms with Gasteiger partial charge in [-0.05, 0) is 39.2 Å². The third-order valence-electron chi connectivity index (χ3n) is 3.85. The number of nitro groups is 1. The van der Waals surface area contributed by atoms with Crippen LogP contribution in [0.3, 0.4) is 0 Å². The molecule has 0 aliphatic rings. The molecule has 0 saturated carbocycles. The van der Waals surface area contributed by atoms with Gasteiger partial charge in [-0.2, -0.15) is 11.8 Å². The van der Waals surface area contributed by atoms with E-state index < -0.39 is 16.3 Å². The monoisotopic (exact) mass is 438 g/mol. The lowest BCUT2D eigenvalue weighted by molar-refractivity contribution is -0.385. The topological polar surface area (TPSA) is 119 Å². The minimum absolute atomic E-state index is 0.129. The van der Waals surface area contributed by atoms with E-state index in [0.29, 0.717) is 24.8 Å². The van der Waals surface area contributed by atoms with Gasteiger partial charge in [-0.1, -0.05) is 5.21 Å². The van der Waals surface area contributed by atoms with Crippen LogP contribution in [-0.2, 0) is 34.2 Å². The zero-order valence-corrected chi connectivity index (χ0v) is 18.3. The van der Waals surface area contributed by atoms with Gasteiger partial charge in [0.25, 0.3) is 5.69 Å². The number of benzene rings is 1. The van der Waals surface area contributed by atoms with Gasteiger partial charge in [0.05, 0.1) is 28.7 Å². The van der Waals surface area contributed by atoms with Crippen molar-refractivity contribution in [2.75, 3.05) is 18.6 Å². The molecule has 0 bridgehead atoms. The van der Waals surface area contributed by atoms with Crippen molar-refractivity contribution in [2.24, 2.45) is 5.41 Å². The number of aromatic nitrogens is 3. The number of nitrogens with zero attached hydrogens (tertiary/aromatic N) is 4. The lowest BCUT2D eigenvalue weighted by Crippen LogP contribution is -2.22. The normalized spacial score (nSPS) is 11.3. The molecule has 30 heavy (non-hydrogen) atoms. The molecule has 0 saturated heterocycles. The fraction of sp³-hybridized carbons (Fsp3) is 0.526. The number of esters is 1. The van der Waals surface area contributed by atoms with E-state index in [-0.39, 0.29) is 24.5 Å². The third kappa shape index (κ3) is 7.30. The van der Waals surface area contributed by atoms with Gasteiger partial charge in [-0.25, -0.2) is 4.68 Å². The lowest BCUT2D eigenvalue weighted by atomic mass is 9.97. The van der Waals surface area contributed by atoms with E-state index in [9.17, 15) is 14.9 Å². The van der Waals surface area contributed by atoms with Crippen molar-refractivity contribution in [1.29, 1.82) is 0 Å². The number of hydrogen-bond donors (Lipinski definition) is 0. The first-order valence-corrected chi connectivity index (χ1v) is 10.6. The van der Waals surface area contributed by atoms with Gasteiger partial charge in [0.1, 0.15) is 31.4 Å². The van der Waals surface area contributed by atoms with Crippen LogP contribution in [0.15, 0.2) is 24.4 Å². The highest BCUT2D eigenvalue weighted by Crippen LogP contribution is 2.26. The first-order valence-electron chi connectivity index (χ1n) is 9.23. The highest BCUT2D eigenvalue weighted by Gasteiger charge is 2.24. The Kier molecular flexibility index (Phi) is 8.60. The molecule has 0 unspecified atom stereocenters. The van der Waals surface area contributed by atoms with Crippen molar-refractivity contribution in [3.8, 4) is 5.75 Å². The summed E-state index contributed by atoms with van der Waals surface area (Å²) in [6, 6.07) is 4.30. The fourth-order valence-electron chi connectivity index (χ4n) is 2.23. The molecule has 0 fully saturated rings. The van der Waals surface area contributed by atoms with E-state index in [1.54, 1.807) is 43.4 Å². The predicted octanol–water partition coefficient (Wildman–Crippen LogP) is 3.19. The smallest absolute Gasteiger partial charge is 0.311 e. The molecular formula is C19H26N4O6S. The summed E-state index contributed by atoms with van der Waals surface area (Å²) in [6.07, 6.45) is 3.71. The Morgan fingerprint density at radius 2 is 2.07 bits per heavy atom. The Hall–Kier alpha value is -2.66. The lowest BCUT2D eigenvalue weighted by Gasteiger charge is -2.16. The van der Waals surface area contributed by atoms with Gasteiger partial charge < -0.3 is 14.2 Å². The largest absolute Gasteiger partial charge is 0.487 e. The molecule has 10 nitrogen and oxygen atoms in total. The van der Waals surface area contributed by atoms with Crippen molar-refractivity contribution in [3.63, 3.8) is 0 Å². The molecule has 0 N–H and O–H groups in total. The summed E-state index contributed by atoms with van der Waals surface area (Å²) >= 11 is 1.70. The van der Waals surface area contributed by atoms with Crippen LogP contribution >= 0.6 is 11.8 Å². The van der Waals surface area contributed by atoms with Crippen LogP contribution in [-0.4, -0.2) is 44.5 Å². The number of carbonyl (C=O) groups excluding carboxylic acids is 1. The second-order valence-electron chi connectivity index (χ2n) is 7.44. The molecule has 164 valence electrons. The van der Waals surface area contributed by atoms with Crippen LogP contribution in [0, 0.1) is 15.5 Å². The predicted molar refractivity (Wildman–Crippen MR) is 111 cm³/mol. The molecule has 0 aliphatic heterocycles. The zero-order chi connectivity index (χ0) is 22.1. The SMILES string of the molecule is CSCCOCn1cc(COc2ccc([N+](=O)[O-])c(COC(=O)C(C)(C)C)c2)nn1. The van der Waals surface area contributed by atoms with Gasteiger partial charge in [0.15, 0.2) is 0 Å². The molecule has 0 aliphatic carbocycles. The van der Waals surface area contributed by atoms with E-state index in [4.69, 9.17) is 14.2 Å². The fourth-order valence-corrected chi connectivity index (χ4v) is 2.52. The minimum atomic E-state index is -0.701. The van der Waals surface area contributed by atoms with E-state index in [1.165, 1.54) is 18.2 Å². The van der Waals surface area contributed by atoms with Crippen molar-refractivity contribution in [3.05, 3.63) is 45.8 Å². The molecule has 0 spiro atoms. The van der Waals surface area contributed by atoms with Gasteiger partial charge in [0.2, 0.25) is 0 Å². The molecule has 2 aromatic rings. The number of carbonyl (C=O) groups is 1. The number of rotatable bonds is 11. The van der Waals surface area contributed by atoms with E-state index in [0.717, 1.165) is 5.75 Å². The maximum Gasteiger partial charge on any atom is 0.311 e. The highest BCUT2D eigenvalue weighted by molar-refractivity contribution is 7.98. The quantitative estimate of drug-likeness (QED) is 0.225. The minimum Gasteiger partial charge on any atom is -0.487 e. The van der Waals surface area contributed by atoms with Crippen LogP contribution < -0.4 is 4.74 Å². The molecule has 1 aromatic carbocycles. The molecule has 0 radical (unpaired) electrons. The third-order valence-corrected chi connectivity index (χ3v) is 4.42. The molecule has 1 heterocycles. The van der Waals surface area contributed by atoms with Crippen LogP contribution in [0.25, 0.3) is 0 Å². The summed E-state index contributed by atoms with van der Waals surface area (Å²) in [4.78, 5) is 22.7. The standard InChI is InChI=1S/C19H26N4O6S/c1-19(2,3)18(24)29-11-14-9-16(5-6-17(14)23(25)26)28-12-15-10-22(21-20-15)13-27-7-8-30-4/h5-6,9-10H,7-8,11-13H2,1-4H3. The number of ether oxygens (including phenoxy) is 3. The second kappa shape index (κ2) is 10.9. The van der Waals surface area contributed by atoms with Gasteiger partial charge in [-0.15, -0.1) is 5.10 Å². The van der Waals surface area contributed by atoms with Crippen LogP contribution in [0.4, 0.5) is 5.69 Å². The maximum absolute atomic E-state index is 12.0. The Morgan fingerprint density at radius 3 is 2.73 bits per heavy atom. The Balaban J connectivity index is 1.98. The zero-order valence-electron chi connectivity index (χ0n) is 17.5. The summed E-state index contributed by atoms with van der Waals surface area (Å²) in [6.45, 7) is 5.97. The Morgan fingerprint density at radius 1 is 1.30 bits per heavy atom. The van der Waals surface area contributed by atoms with Crippen molar-refractivity contribution >= 4 is 23.4 Å². The molecule has 11 heteroatoms. The van der Waals surface area contributed by atoms with Crippen molar-refractivity contribution in [1.82, 2.24) is 15.0 Å². The molecule has 2 rings (SSSR count). The average Bonchev–Trinajstić information content (AvgIpc) is 3.14. The molecule has 1 aromatic heterocycles. The highest BCUT2D eigenvalue weighted by atomic mass is 32.2. The van der Waals surface area contributed by atoms with Crippen LogP contribution in [0.1, 0.15) is 32.0 Å². The van der Waals surface area contributed by atoms with Crippen molar-refractivity contribution < 1.29 is 23.9 Å². The number of thioether (sulfide) groups is 1. The maximum atomic E-state index is 12.0. The number of nitro benzene ring substituents is 1. The van der Waals surface area contributed by atoms with E-state index in [2.05, 4.69) is 10.3 Å². The first-order chi connectivity index (χ1) is 14.2.